The van der Waals surface area contributed by atoms with Gasteiger partial charge in [-0.05, 0) is 23.3 Å². The van der Waals surface area contributed by atoms with E-state index >= 15 is 0 Å². The standard InChI is InChI=1S/C17H19FN2/c1-3-17(18)20-12-10-15(11-13-20)5-4-14-6-8-16(19-2)9-7-14/h4-13,17H,3H2,1-2H3/p+1. The topological polar surface area (TPSA) is 15.9 Å². The van der Waals surface area contributed by atoms with Gasteiger partial charge >= 0.3 is 0 Å². The Balaban J connectivity index is 2.06. The number of hydrogen-bond acceptors (Lipinski definition) is 1. The summed E-state index contributed by atoms with van der Waals surface area (Å²) in [5.41, 5.74) is 3.29. The quantitative estimate of drug-likeness (QED) is 0.811. The minimum atomic E-state index is -0.942. The summed E-state index contributed by atoms with van der Waals surface area (Å²) in [7, 11) is 1.90. The molecule has 0 saturated heterocycles. The number of pyridine rings is 1. The van der Waals surface area contributed by atoms with E-state index in [1.165, 1.54) is 0 Å². The van der Waals surface area contributed by atoms with E-state index in [4.69, 9.17) is 0 Å². The third-order valence-corrected chi connectivity index (χ3v) is 3.21. The summed E-state index contributed by atoms with van der Waals surface area (Å²) in [5.74, 6) is 0. The molecular weight excluding hydrogens is 251 g/mol. The highest BCUT2D eigenvalue weighted by Crippen LogP contribution is 2.12. The van der Waals surface area contributed by atoms with E-state index in [0.29, 0.717) is 6.42 Å². The zero-order chi connectivity index (χ0) is 14.4. The molecule has 2 rings (SSSR count). The molecule has 0 spiro atoms. The first kappa shape index (κ1) is 14.3. The van der Waals surface area contributed by atoms with Crippen molar-refractivity contribution >= 4 is 17.8 Å². The molecule has 1 aromatic carbocycles. The van der Waals surface area contributed by atoms with E-state index in [0.717, 1.165) is 16.8 Å². The number of halogens is 1. The van der Waals surface area contributed by atoms with Crippen LogP contribution in [0.5, 0.6) is 0 Å². The molecule has 2 nitrogen and oxygen atoms in total. The van der Waals surface area contributed by atoms with E-state index in [1.807, 2.05) is 50.4 Å². The van der Waals surface area contributed by atoms with Crippen molar-refractivity contribution in [2.45, 2.75) is 19.6 Å². The SMILES string of the molecule is CCC(F)[n+]1ccc(/C=C/c2ccc(NC)cc2)cc1. The van der Waals surface area contributed by atoms with Crippen molar-refractivity contribution in [2.75, 3.05) is 12.4 Å². The first-order valence-corrected chi connectivity index (χ1v) is 6.83. The van der Waals surface area contributed by atoms with Crippen LogP contribution in [-0.4, -0.2) is 7.05 Å². The lowest BCUT2D eigenvalue weighted by Crippen LogP contribution is -2.35. The van der Waals surface area contributed by atoms with Crippen molar-refractivity contribution in [3.63, 3.8) is 0 Å². The number of nitrogens with zero attached hydrogens (tertiary/aromatic N) is 1. The third kappa shape index (κ3) is 3.67. The van der Waals surface area contributed by atoms with Gasteiger partial charge in [0.1, 0.15) is 0 Å². The first-order valence-electron chi connectivity index (χ1n) is 6.83. The van der Waals surface area contributed by atoms with Crippen LogP contribution in [0, 0.1) is 0 Å². The Labute approximate surface area is 119 Å². The predicted octanol–water partition coefficient (Wildman–Crippen LogP) is 4.06. The van der Waals surface area contributed by atoms with Gasteiger partial charge in [0.05, 0.1) is 0 Å². The van der Waals surface area contributed by atoms with Gasteiger partial charge in [0.2, 0.25) is 0 Å². The van der Waals surface area contributed by atoms with Gasteiger partial charge in [-0.25, -0.2) is 0 Å². The molecule has 1 aromatic heterocycles. The van der Waals surface area contributed by atoms with E-state index in [9.17, 15) is 4.39 Å². The molecule has 0 saturated carbocycles. The normalized spacial score (nSPS) is 12.6. The van der Waals surface area contributed by atoms with Crippen molar-refractivity contribution in [2.24, 2.45) is 0 Å². The van der Waals surface area contributed by atoms with Gasteiger partial charge in [-0.15, -0.1) is 0 Å². The van der Waals surface area contributed by atoms with Crippen LogP contribution in [0.1, 0.15) is 30.8 Å². The Kier molecular flexibility index (Phi) is 4.88. The highest BCUT2D eigenvalue weighted by Gasteiger charge is 2.12. The number of hydrogen-bond donors (Lipinski definition) is 1. The Morgan fingerprint density at radius 1 is 1.05 bits per heavy atom. The smallest absolute Gasteiger partial charge is 0.298 e. The highest BCUT2D eigenvalue weighted by atomic mass is 19.1. The van der Waals surface area contributed by atoms with Crippen LogP contribution < -0.4 is 9.88 Å². The van der Waals surface area contributed by atoms with Crippen molar-refractivity contribution in [3.05, 3.63) is 59.9 Å². The minimum absolute atomic E-state index is 0.484. The fourth-order valence-electron chi connectivity index (χ4n) is 1.91. The molecule has 104 valence electrons. The third-order valence-electron chi connectivity index (χ3n) is 3.21. The van der Waals surface area contributed by atoms with Crippen molar-refractivity contribution < 1.29 is 8.96 Å². The molecule has 0 amide bonds. The van der Waals surface area contributed by atoms with Crippen LogP contribution in [0.4, 0.5) is 10.1 Å². The van der Waals surface area contributed by atoms with Gasteiger partial charge in [-0.3, -0.25) is 0 Å². The molecule has 0 bridgehead atoms. The van der Waals surface area contributed by atoms with E-state index in [1.54, 1.807) is 17.0 Å². The molecular formula is C17H20FN2+. The molecule has 1 heterocycles. The summed E-state index contributed by atoms with van der Waals surface area (Å²) in [6, 6.07) is 12.0. The zero-order valence-corrected chi connectivity index (χ0v) is 11.9. The van der Waals surface area contributed by atoms with Gasteiger partial charge in [-0.2, -0.15) is 8.96 Å². The molecule has 3 heteroatoms. The number of nitrogens with one attached hydrogen (secondary N) is 1. The maximum atomic E-state index is 13.5. The monoisotopic (exact) mass is 271 g/mol. The molecule has 1 unspecified atom stereocenters. The number of anilines is 1. The van der Waals surface area contributed by atoms with Crippen molar-refractivity contribution in [1.82, 2.24) is 0 Å². The van der Waals surface area contributed by atoms with Crippen molar-refractivity contribution in [3.8, 4) is 0 Å². The van der Waals surface area contributed by atoms with Crippen LogP contribution in [0.2, 0.25) is 0 Å². The highest BCUT2D eigenvalue weighted by molar-refractivity contribution is 5.70. The van der Waals surface area contributed by atoms with Crippen LogP contribution in [-0.2, 0) is 0 Å². The number of alkyl halides is 1. The summed E-state index contributed by atoms with van der Waals surface area (Å²) in [6.45, 7) is 1.83. The first-order chi connectivity index (χ1) is 9.72. The van der Waals surface area contributed by atoms with Gasteiger partial charge in [-0.1, -0.05) is 31.2 Å². The Hall–Kier alpha value is -2.16. The summed E-state index contributed by atoms with van der Waals surface area (Å²) in [4.78, 5) is 0. The molecule has 0 fully saturated rings. The number of aromatic nitrogens is 1. The average molecular weight is 271 g/mol. The lowest BCUT2D eigenvalue weighted by molar-refractivity contribution is -0.747. The lowest BCUT2D eigenvalue weighted by atomic mass is 10.1. The van der Waals surface area contributed by atoms with Crippen LogP contribution in [0.15, 0.2) is 48.8 Å². The molecule has 20 heavy (non-hydrogen) atoms. The van der Waals surface area contributed by atoms with Gasteiger partial charge < -0.3 is 5.32 Å². The largest absolute Gasteiger partial charge is 0.388 e. The van der Waals surface area contributed by atoms with Gasteiger partial charge in [0.15, 0.2) is 12.4 Å². The average Bonchev–Trinajstić information content (AvgIpc) is 2.53. The molecule has 2 aromatic rings. The van der Waals surface area contributed by atoms with Crippen LogP contribution in [0.3, 0.4) is 0 Å². The molecule has 0 aliphatic rings. The van der Waals surface area contributed by atoms with Gasteiger partial charge in [0, 0.05) is 31.3 Å². The molecule has 1 atom stereocenters. The Bertz CT molecular complexity index is 559. The van der Waals surface area contributed by atoms with Gasteiger partial charge in [0.25, 0.3) is 6.30 Å². The second kappa shape index (κ2) is 6.85. The number of benzene rings is 1. The maximum Gasteiger partial charge on any atom is 0.298 e. The van der Waals surface area contributed by atoms with E-state index < -0.39 is 6.30 Å². The lowest BCUT2D eigenvalue weighted by Gasteiger charge is -2.01. The molecule has 1 N–H and O–H groups in total. The summed E-state index contributed by atoms with van der Waals surface area (Å²) < 4.78 is 15.0. The summed E-state index contributed by atoms with van der Waals surface area (Å²) in [5, 5.41) is 3.09. The molecule has 0 aliphatic heterocycles. The second-order valence-electron chi connectivity index (χ2n) is 4.63. The Morgan fingerprint density at radius 2 is 1.60 bits per heavy atom. The predicted molar refractivity (Wildman–Crippen MR) is 82.0 cm³/mol. The fraction of sp³-hybridized carbons (Fsp3) is 0.235. The fourth-order valence-corrected chi connectivity index (χ4v) is 1.91. The summed E-state index contributed by atoms with van der Waals surface area (Å²) >= 11 is 0. The second-order valence-corrected chi connectivity index (χ2v) is 4.63. The Morgan fingerprint density at radius 3 is 2.10 bits per heavy atom. The van der Waals surface area contributed by atoms with E-state index in [2.05, 4.69) is 17.4 Å². The minimum Gasteiger partial charge on any atom is -0.388 e. The van der Waals surface area contributed by atoms with Crippen LogP contribution >= 0.6 is 0 Å². The van der Waals surface area contributed by atoms with Crippen molar-refractivity contribution in [1.29, 1.82) is 0 Å². The zero-order valence-electron chi connectivity index (χ0n) is 11.9. The molecule has 0 aliphatic carbocycles. The summed E-state index contributed by atoms with van der Waals surface area (Å²) in [6.07, 6.45) is 7.17. The van der Waals surface area contributed by atoms with Crippen LogP contribution in [0.25, 0.3) is 12.2 Å². The maximum absolute atomic E-state index is 13.5. The molecule has 0 radical (unpaired) electrons. The number of rotatable bonds is 5. The van der Waals surface area contributed by atoms with E-state index in [-0.39, 0.29) is 0 Å².